The van der Waals surface area contributed by atoms with Crippen LogP contribution in [0.3, 0.4) is 0 Å². The molecule has 34 heavy (non-hydrogen) atoms. The number of esters is 1. The molecule has 180 valence electrons. The van der Waals surface area contributed by atoms with Crippen molar-refractivity contribution >= 4 is 51.9 Å². The third-order valence-corrected chi connectivity index (χ3v) is 5.01. The number of ether oxygens (including phenoxy) is 2. The first kappa shape index (κ1) is 25.0. The van der Waals surface area contributed by atoms with Crippen molar-refractivity contribution in [2.75, 3.05) is 11.9 Å². The van der Waals surface area contributed by atoms with E-state index >= 15 is 0 Å². The Morgan fingerprint density at radius 3 is 2.53 bits per heavy atom. The molecule has 0 spiro atoms. The highest BCUT2D eigenvalue weighted by molar-refractivity contribution is 6.32. The molecule has 2 heterocycles. The Balaban J connectivity index is 2.18. The molecular formula is C24H25ClN2O7. The van der Waals surface area contributed by atoms with E-state index in [1.165, 1.54) is 25.3 Å². The number of amides is 1. The van der Waals surface area contributed by atoms with Gasteiger partial charge in [-0.3, -0.25) is 14.4 Å². The van der Waals surface area contributed by atoms with Crippen LogP contribution < -0.4 is 5.32 Å². The summed E-state index contributed by atoms with van der Waals surface area (Å²) in [5.74, 6) is -1.52. The first-order valence-electron chi connectivity index (χ1n) is 10.7. The molecule has 9 nitrogen and oxygen atoms in total. The average molecular weight is 489 g/mol. The van der Waals surface area contributed by atoms with Crippen molar-refractivity contribution in [3.63, 3.8) is 0 Å². The minimum atomic E-state index is -0.811. The second-order valence-corrected chi connectivity index (χ2v) is 8.43. The maximum atomic E-state index is 13.6. The SMILES string of the molecule is CCOC(=O)n1c(C(=O)c2cc(COC(C)=O)co2)c(NC(=O)CC(C)C)c2ccc(Cl)cc21. The van der Waals surface area contributed by atoms with Gasteiger partial charge in [-0.05, 0) is 37.1 Å². The summed E-state index contributed by atoms with van der Waals surface area (Å²) in [7, 11) is 0. The quantitative estimate of drug-likeness (QED) is 0.343. The van der Waals surface area contributed by atoms with Crippen LogP contribution in [0.15, 0.2) is 34.9 Å². The summed E-state index contributed by atoms with van der Waals surface area (Å²) in [6.45, 7) is 6.66. The van der Waals surface area contributed by atoms with E-state index in [9.17, 15) is 19.2 Å². The number of carbonyl (C=O) groups is 4. The molecular weight excluding hydrogens is 464 g/mol. The summed E-state index contributed by atoms with van der Waals surface area (Å²) in [6, 6.07) is 6.13. The van der Waals surface area contributed by atoms with E-state index < -0.39 is 17.8 Å². The average Bonchev–Trinajstić information content (AvgIpc) is 3.34. The maximum absolute atomic E-state index is 13.6. The number of nitrogens with one attached hydrogen (secondary N) is 1. The van der Waals surface area contributed by atoms with Gasteiger partial charge in [0, 0.05) is 29.3 Å². The number of anilines is 1. The van der Waals surface area contributed by atoms with Crippen LogP contribution in [0, 0.1) is 5.92 Å². The molecule has 1 N–H and O–H groups in total. The Morgan fingerprint density at radius 1 is 1.15 bits per heavy atom. The molecule has 1 amide bonds. The van der Waals surface area contributed by atoms with Gasteiger partial charge in [0.15, 0.2) is 5.76 Å². The molecule has 0 aliphatic rings. The van der Waals surface area contributed by atoms with Crippen molar-refractivity contribution in [1.82, 2.24) is 4.57 Å². The normalized spacial score (nSPS) is 11.0. The van der Waals surface area contributed by atoms with Crippen molar-refractivity contribution in [2.24, 2.45) is 5.92 Å². The lowest BCUT2D eigenvalue weighted by Gasteiger charge is -2.11. The second kappa shape index (κ2) is 10.6. The molecule has 0 atom stereocenters. The van der Waals surface area contributed by atoms with Crippen LogP contribution in [0.25, 0.3) is 10.9 Å². The number of rotatable bonds is 8. The zero-order valence-electron chi connectivity index (χ0n) is 19.3. The zero-order chi connectivity index (χ0) is 25.0. The molecule has 0 fully saturated rings. The molecule has 0 aliphatic heterocycles. The molecule has 0 saturated heterocycles. The third kappa shape index (κ3) is 5.48. The van der Waals surface area contributed by atoms with E-state index in [0.717, 1.165) is 4.57 Å². The van der Waals surface area contributed by atoms with Gasteiger partial charge in [-0.15, -0.1) is 0 Å². The van der Waals surface area contributed by atoms with Gasteiger partial charge >= 0.3 is 12.1 Å². The van der Waals surface area contributed by atoms with Gasteiger partial charge in [0.25, 0.3) is 0 Å². The van der Waals surface area contributed by atoms with Gasteiger partial charge in [-0.25, -0.2) is 9.36 Å². The smallest absolute Gasteiger partial charge is 0.419 e. The first-order chi connectivity index (χ1) is 16.1. The highest BCUT2D eigenvalue weighted by Crippen LogP contribution is 2.35. The summed E-state index contributed by atoms with van der Waals surface area (Å²) in [4.78, 5) is 50.3. The number of halogens is 1. The van der Waals surface area contributed by atoms with E-state index in [1.54, 1.807) is 19.1 Å². The summed E-state index contributed by atoms with van der Waals surface area (Å²) in [6.07, 6.45) is 0.677. The number of aromatic nitrogens is 1. The largest absolute Gasteiger partial charge is 0.461 e. The number of hydrogen-bond acceptors (Lipinski definition) is 7. The summed E-state index contributed by atoms with van der Waals surface area (Å²) >= 11 is 6.17. The van der Waals surface area contributed by atoms with E-state index in [2.05, 4.69) is 5.32 Å². The molecule has 10 heteroatoms. The van der Waals surface area contributed by atoms with Crippen molar-refractivity contribution in [3.8, 4) is 0 Å². The highest BCUT2D eigenvalue weighted by Gasteiger charge is 2.30. The van der Waals surface area contributed by atoms with Crippen molar-refractivity contribution in [3.05, 3.63) is 52.6 Å². The van der Waals surface area contributed by atoms with E-state index in [0.29, 0.717) is 21.5 Å². The molecule has 3 aromatic rings. The van der Waals surface area contributed by atoms with Gasteiger partial charge in [-0.2, -0.15) is 0 Å². The Hall–Kier alpha value is -3.59. The molecule has 0 aliphatic carbocycles. The van der Waals surface area contributed by atoms with Crippen molar-refractivity contribution in [2.45, 2.75) is 40.7 Å². The number of carbonyl (C=O) groups excluding carboxylic acids is 4. The van der Waals surface area contributed by atoms with Crippen LogP contribution in [0.1, 0.15) is 55.9 Å². The van der Waals surface area contributed by atoms with Gasteiger partial charge in [0.05, 0.1) is 24.1 Å². The maximum Gasteiger partial charge on any atom is 0.419 e. The minimum Gasteiger partial charge on any atom is -0.461 e. The number of benzene rings is 1. The molecule has 0 saturated carbocycles. The number of furan rings is 1. The predicted molar refractivity (Wildman–Crippen MR) is 125 cm³/mol. The molecule has 2 aromatic heterocycles. The lowest BCUT2D eigenvalue weighted by molar-refractivity contribution is -0.142. The first-order valence-corrected chi connectivity index (χ1v) is 11.1. The van der Waals surface area contributed by atoms with Crippen LogP contribution in [-0.4, -0.2) is 34.9 Å². The number of hydrogen-bond donors (Lipinski definition) is 1. The Morgan fingerprint density at radius 2 is 1.88 bits per heavy atom. The van der Waals surface area contributed by atoms with E-state index in [1.807, 2.05) is 13.8 Å². The van der Waals surface area contributed by atoms with E-state index in [4.69, 9.17) is 25.5 Å². The summed E-state index contributed by atoms with van der Waals surface area (Å²) in [5, 5.41) is 3.54. The third-order valence-electron chi connectivity index (χ3n) is 4.77. The van der Waals surface area contributed by atoms with Gasteiger partial charge in [0.1, 0.15) is 12.3 Å². The van der Waals surface area contributed by atoms with Crippen LogP contribution in [-0.2, 0) is 25.7 Å². The van der Waals surface area contributed by atoms with Gasteiger partial charge in [0.2, 0.25) is 11.7 Å². The van der Waals surface area contributed by atoms with Crippen LogP contribution in [0.5, 0.6) is 0 Å². The Bertz CT molecular complexity index is 1260. The monoisotopic (exact) mass is 488 g/mol. The Labute approximate surface area is 200 Å². The van der Waals surface area contributed by atoms with Crippen molar-refractivity contribution < 1.29 is 33.1 Å². The minimum absolute atomic E-state index is 0.0645. The van der Waals surface area contributed by atoms with Gasteiger partial charge in [-0.1, -0.05) is 25.4 Å². The summed E-state index contributed by atoms with van der Waals surface area (Å²) in [5.41, 5.74) is 0.751. The highest BCUT2D eigenvalue weighted by atomic mass is 35.5. The number of nitrogens with zero attached hydrogens (tertiary/aromatic N) is 1. The topological polar surface area (TPSA) is 117 Å². The van der Waals surface area contributed by atoms with Crippen LogP contribution in [0.4, 0.5) is 10.5 Å². The van der Waals surface area contributed by atoms with Crippen LogP contribution >= 0.6 is 11.6 Å². The summed E-state index contributed by atoms with van der Waals surface area (Å²) < 4.78 is 16.6. The predicted octanol–water partition coefficient (Wildman–Crippen LogP) is 5.17. The van der Waals surface area contributed by atoms with Gasteiger partial charge < -0.3 is 19.2 Å². The zero-order valence-corrected chi connectivity index (χ0v) is 20.0. The fourth-order valence-electron chi connectivity index (χ4n) is 3.41. The molecule has 3 rings (SSSR count). The standard InChI is InChI=1S/C24H25ClN2O7/c1-5-32-24(31)27-18-10-16(25)6-7-17(18)21(26-20(29)8-13(2)3)22(27)23(30)19-9-15(12-34-19)11-33-14(4)28/h6-7,9-10,12-13H,5,8,11H2,1-4H3,(H,26,29). The molecule has 0 radical (unpaired) electrons. The molecule has 1 aromatic carbocycles. The number of ketones is 1. The fourth-order valence-corrected chi connectivity index (χ4v) is 3.58. The molecule has 0 unspecified atom stereocenters. The van der Waals surface area contributed by atoms with Crippen LogP contribution in [0.2, 0.25) is 5.02 Å². The van der Waals surface area contributed by atoms with E-state index in [-0.39, 0.29) is 48.6 Å². The lowest BCUT2D eigenvalue weighted by Crippen LogP contribution is -2.22. The Kier molecular flexibility index (Phi) is 7.78. The molecule has 0 bridgehead atoms. The second-order valence-electron chi connectivity index (χ2n) is 7.99. The van der Waals surface area contributed by atoms with Crippen molar-refractivity contribution in [1.29, 1.82) is 0 Å². The fraction of sp³-hybridized carbons (Fsp3) is 0.333. The number of fused-ring (bicyclic) bond motifs is 1. The lowest BCUT2D eigenvalue weighted by atomic mass is 10.1.